The maximum atomic E-state index is 11.7. The quantitative estimate of drug-likeness (QED) is 0.802. The fraction of sp³-hybridized carbons (Fsp3) is 0.400. The zero-order valence-corrected chi connectivity index (χ0v) is 13.4. The zero-order chi connectivity index (χ0) is 15.9. The van der Waals surface area contributed by atoms with Crippen LogP contribution in [0.3, 0.4) is 0 Å². The minimum atomic E-state index is -0.670. The summed E-state index contributed by atoms with van der Waals surface area (Å²) < 4.78 is 4.71. The molecule has 0 radical (unpaired) electrons. The van der Waals surface area contributed by atoms with E-state index in [0.29, 0.717) is 6.42 Å². The van der Waals surface area contributed by atoms with Crippen molar-refractivity contribution in [2.24, 2.45) is 4.99 Å². The molecule has 6 nitrogen and oxygen atoms in total. The normalized spacial score (nSPS) is 14.9. The Morgan fingerprint density at radius 3 is 2.64 bits per heavy atom. The lowest BCUT2D eigenvalue weighted by Crippen LogP contribution is -2.41. The number of hydrogen-bond donors (Lipinski definition) is 2. The van der Waals surface area contributed by atoms with Gasteiger partial charge in [0.1, 0.15) is 6.04 Å². The predicted octanol–water partition coefficient (Wildman–Crippen LogP) is 1.42. The molecule has 0 saturated carbocycles. The molecule has 118 valence electrons. The summed E-state index contributed by atoms with van der Waals surface area (Å²) in [6, 6.07) is 7.02. The molecule has 0 fully saturated rings. The Hall–Kier alpha value is -2.02. The Kier molecular flexibility index (Phi) is 5.83. The molecule has 2 N–H and O–H groups in total. The van der Waals surface area contributed by atoms with Gasteiger partial charge >= 0.3 is 5.97 Å². The van der Waals surface area contributed by atoms with Gasteiger partial charge in [-0.1, -0.05) is 23.9 Å². The van der Waals surface area contributed by atoms with Crippen molar-refractivity contribution in [1.82, 2.24) is 5.32 Å². The van der Waals surface area contributed by atoms with Gasteiger partial charge in [-0.15, -0.1) is 0 Å². The van der Waals surface area contributed by atoms with E-state index in [-0.39, 0.29) is 5.91 Å². The number of amidine groups is 1. The van der Waals surface area contributed by atoms with Crippen molar-refractivity contribution in [1.29, 1.82) is 0 Å². The Morgan fingerprint density at radius 2 is 2.09 bits per heavy atom. The van der Waals surface area contributed by atoms with Crippen LogP contribution in [0.15, 0.2) is 29.3 Å². The largest absolute Gasteiger partial charge is 0.467 e. The van der Waals surface area contributed by atoms with Crippen LogP contribution in [0.4, 0.5) is 5.69 Å². The molecule has 0 aliphatic carbocycles. The lowest BCUT2D eigenvalue weighted by atomic mass is 10.1. The van der Waals surface area contributed by atoms with Crippen LogP contribution in [0.25, 0.3) is 0 Å². The first-order valence-electron chi connectivity index (χ1n) is 6.96. The van der Waals surface area contributed by atoms with Crippen molar-refractivity contribution in [3.8, 4) is 0 Å². The number of nitrogens with one attached hydrogen (secondary N) is 2. The van der Waals surface area contributed by atoms with E-state index in [2.05, 4.69) is 15.6 Å². The number of thioether (sulfide) groups is 1. The Bertz CT molecular complexity index is 572. The van der Waals surface area contributed by atoms with Crippen molar-refractivity contribution >= 4 is 34.5 Å². The van der Waals surface area contributed by atoms with E-state index in [4.69, 9.17) is 4.74 Å². The zero-order valence-electron chi connectivity index (χ0n) is 12.6. The SMILES string of the molecule is COC(=O)C(Cc1ccc(NC2=NCCS2)cc1)NC(C)=O. The highest BCUT2D eigenvalue weighted by Gasteiger charge is 2.20. The van der Waals surface area contributed by atoms with Crippen molar-refractivity contribution < 1.29 is 14.3 Å². The van der Waals surface area contributed by atoms with E-state index < -0.39 is 12.0 Å². The second-order valence-corrected chi connectivity index (χ2v) is 5.92. The third-order valence-corrected chi connectivity index (χ3v) is 3.99. The lowest BCUT2D eigenvalue weighted by Gasteiger charge is -2.15. The molecular weight excluding hydrogens is 302 g/mol. The van der Waals surface area contributed by atoms with Gasteiger partial charge in [-0.25, -0.2) is 4.79 Å². The summed E-state index contributed by atoms with van der Waals surface area (Å²) in [6.45, 7) is 2.23. The van der Waals surface area contributed by atoms with E-state index in [9.17, 15) is 9.59 Å². The summed E-state index contributed by atoms with van der Waals surface area (Å²) in [7, 11) is 1.31. The van der Waals surface area contributed by atoms with Crippen LogP contribution < -0.4 is 10.6 Å². The third kappa shape index (κ3) is 4.77. The highest BCUT2D eigenvalue weighted by Crippen LogP contribution is 2.17. The van der Waals surface area contributed by atoms with Crippen LogP contribution in [0.5, 0.6) is 0 Å². The highest BCUT2D eigenvalue weighted by atomic mass is 32.2. The molecule has 1 heterocycles. The lowest BCUT2D eigenvalue weighted by molar-refractivity contribution is -0.144. The highest BCUT2D eigenvalue weighted by molar-refractivity contribution is 8.14. The van der Waals surface area contributed by atoms with E-state index in [0.717, 1.165) is 28.7 Å². The van der Waals surface area contributed by atoms with Gasteiger partial charge in [0.2, 0.25) is 5.91 Å². The van der Waals surface area contributed by atoms with Crippen molar-refractivity contribution in [2.75, 3.05) is 24.7 Å². The number of amides is 1. The number of methoxy groups -OCH3 is 1. The molecule has 7 heteroatoms. The number of esters is 1. The van der Waals surface area contributed by atoms with Crippen molar-refractivity contribution in [3.63, 3.8) is 0 Å². The summed E-state index contributed by atoms with van der Waals surface area (Å²) in [4.78, 5) is 27.2. The Balaban J connectivity index is 1.98. The molecule has 22 heavy (non-hydrogen) atoms. The number of nitrogens with zero attached hydrogens (tertiary/aromatic N) is 1. The molecule has 0 aromatic heterocycles. The second kappa shape index (κ2) is 7.84. The van der Waals surface area contributed by atoms with Crippen molar-refractivity contribution in [3.05, 3.63) is 29.8 Å². The summed E-state index contributed by atoms with van der Waals surface area (Å²) in [5.41, 5.74) is 1.89. The van der Waals surface area contributed by atoms with E-state index in [1.54, 1.807) is 11.8 Å². The topological polar surface area (TPSA) is 79.8 Å². The van der Waals surface area contributed by atoms with Crippen LogP contribution >= 0.6 is 11.8 Å². The monoisotopic (exact) mass is 321 g/mol. The Labute approximate surface area is 133 Å². The molecule has 0 bridgehead atoms. The summed E-state index contributed by atoms with van der Waals surface area (Å²) in [5.74, 6) is 0.303. The number of aliphatic imine (C=N–C) groups is 1. The van der Waals surface area contributed by atoms with Crippen LogP contribution in [0, 0.1) is 0 Å². The summed E-state index contributed by atoms with van der Waals surface area (Å²) in [5, 5.41) is 6.77. The number of benzene rings is 1. The Morgan fingerprint density at radius 1 is 1.36 bits per heavy atom. The van der Waals surface area contributed by atoms with E-state index in [1.165, 1.54) is 14.0 Å². The van der Waals surface area contributed by atoms with Crippen LogP contribution in [-0.2, 0) is 20.7 Å². The fourth-order valence-corrected chi connectivity index (χ4v) is 2.82. The van der Waals surface area contributed by atoms with Gasteiger partial charge in [0.25, 0.3) is 0 Å². The molecule has 0 saturated heterocycles. The standard InChI is InChI=1S/C15H19N3O3S/c1-10(19)17-13(14(20)21-2)9-11-3-5-12(6-4-11)18-15-16-7-8-22-15/h3-6,13H,7-9H2,1-2H3,(H,16,18)(H,17,19). The average molecular weight is 321 g/mol. The summed E-state index contributed by atoms with van der Waals surface area (Å²) >= 11 is 1.70. The van der Waals surface area contributed by atoms with Gasteiger partial charge in [0.05, 0.1) is 13.7 Å². The van der Waals surface area contributed by atoms with Gasteiger partial charge < -0.3 is 15.4 Å². The number of rotatable bonds is 5. The maximum absolute atomic E-state index is 11.7. The van der Waals surface area contributed by atoms with E-state index >= 15 is 0 Å². The number of ether oxygens (including phenoxy) is 1. The minimum Gasteiger partial charge on any atom is -0.467 e. The molecule has 1 aliphatic heterocycles. The molecule has 1 unspecified atom stereocenters. The van der Waals surface area contributed by atoms with Gasteiger partial charge in [0.15, 0.2) is 5.17 Å². The molecule has 0 spiro atoms. The molecule has 1 amide bonds. The first-order chi connectivity index (χ1) is 10.6. The van der Waals surface area contributed by atoms with E-state index in [1.807, 2.05) is 24.3 Å². The second-order valence-electron chi connectivity index (χ2n) is 4.84. The average Bonchev–Trinajstić information content (AvgIpc) is 3.00. The van der Waals surface area contributed by atoms with Crippen molar-refractivity contribution in [2.45, 2.75) is 19.4 Å². The van der Waals surface area contributed by atoms with Gasteiger partial charge in [-0.05, 0) is 17.7 Å². The van der Waals surface area contributed by atoms with Crippen LogP contribution in [0.2, 0.25) is 0 Å². The minimum absolute atomic E-state index is 0.259. The first-order valence-corrected chi connectivity index (χ1v) is 7.95. The molecule has 1 aromatic carbocycles. The first kappa shape index (κ1) is 16.4. The third-order valence-electron chi connectivity index (χ3n) is 3.09. The molecule has 1 aromatic rings. The predicted molar refractivity (Wildman–Crippen MR) is 88.1 cm³/mol. The smallest absolute Gasteiger partial charge is 0.328 e. The molecule has 1 atom stereocenters. The maximum Gasteiger partial charge on any atom is 0.328 e. The van der Waals surface area contributed by atoms with Crippen LogP contribution in [-0.4, -0.2) is 42.5 Å². The number of carbonyl (C=O) groups excluding carboxylic acids is 2. The summed E-state index contributed by atoms with van der Waals surface area (Å²) in [6.07, 6.45) is 0.391. The van der Waals surface area contributed by atoms with Crippen LogP contribution in [0.1, 0.15) is 12.5 Å². The number of anilines is 1. The number of carbonyl (C=O) groups is 2. The fourth-order valence-electron chi connectivity index (χ4n) is 2.08. The molecule has 2 rings (SSSR count). The molecule has 1 aliphatic rings. The number of hydrogen-bond acceptors (Lipinski definition) is 6. The van der Waals surface area contributed by atoms with Gasteiger partial charge in [0, 0.05) is 24.8 Å². The molecular formula is C15H19N3O3S. The van der Waals surface area contributed by atoms with Gasteiger partial charge in [-0.2, -0.15) is 0 Å². The van der Waals surface area contributed by atoms with Gasteiger partial charge in [-0.3, -0.25) is 9.79 Å².